The minimum Gasteiger partial charge on any atom is -0.459 e. The van der Waals surface area contributed by atoms with Crippen LogP contribution < -0.4 is 5.32 Å². The van der Waals surface area contributed by atoms with Crippen molar-refractivity contribution in [2.24, 2.45) is 0 Å². The molecule has 2 aliphatic heterocycles. The van der Waals surface area contributed by atoms with Crippen LogP contribution in [0.3, 0.4) is 0 Å². The van der Waals surface area contributed by atoms with E-state index in [0.717, 1.165) is 36.2 Å². The van der Waals surface area contributed by atoms with Gasteiger partial charge in [-0.3, -0.25) is 4.79 Å². The Kier molecular flexibility index (Phi) is 6.41. The molecule has 2 aromatic rings. The minimum absolute atomic E-state index is 0.0593. The molecule has 1 aliphatic carbocycles. The predicted molar refractivity (Wildman–Crippen MR) is 128 cm³/mol. The molecule has 0 spiro atoms. The molecule has 0 bridgehead atoms. The van der Waals surface area contributed by atoms with Gasteiger partial charge in [0.25, 0.3) is 0 Å². The number of benzene rings is 1. The van der Waals surface area contributed by atoms with Gasteiger partial charge in [0.05, 0.1) is 11.7 Å². The summed E-state index contributed by atoms with van der Waals surface area (Å²) in [5.41, 5.74) is 3.55. The van der Waals surface area contributed by atoms with Crippen molar-refractivity contribution in [2.75, 3.05) is 13.2 Å². The summed E-state index contributed by atoms with van der Waals surface area (Å²) in [5.74, 6) is -0.720. The molecule has 0 unspecified atom stereocenters. The largest absolute Gasteiger partial charge is 0.459 e. The first kappa shape index (κ1) is 22.4. The number of thiophene rings is 1. The number of carbonyl (C=O) groups is 2. The maximum atomic E-state index is 13.5. The number of hydrogen-bond acceptors (Lipinski definition) is 6. The maximum absolute atomic E-state index is 13.5. The van der Waals surface area contributed by atoms with E-state index in [9.17, 15) is 9.59 Å². The molecule has 1 aromatic heterocycles. The summed E-state index contributed by atoms with van der Waals surface area (Å²) in [6, 6.07) is 11.5. The third kappa shape index (κ3) is 4.52. The smallest absolute Gasteiger partial charge is 0.336 e. The number of nitrogens with one attached hydrogen (secondary N) is 1. The van der Waals surface area contributed by atoms with Crippen molar-refractivity contribution in [1.82, 2.24) is 5.32 Å². The SMILES string of the molecule is CC1=C(C(=O)OC[C@@H]2CCCO2)[C@@H](c2cccc(Cl)c2)C2=C(C[C@@H](c3cccs3)CC2=O)N1. The van der Waals surface area contributed by atoms with E-state index in [1.54, 1.807) is 17.4 Å². The Morgan fingerprint density at radius 1 is 1.27 bits per heavy atom. The van der Waals surface area contributed by atoms with Gasteiger partial charge in [0, 0.05) is 51.7 Å². The van der Waals surface area contributed by atoms with Gasteiger partial charge < -0.3 is 14.8 Å². The lowest BCUT2D eigenvalue weighted by Crippen LogP contribution is -2.36. The zero-order valence-corrected chi connectivity index (χ0v) is 20.0. The van der Waals surface area contributed by atoms with Crippen LogP contribution in [0, 0.1) is 0 Å². The second kappa shape index (κ2) is 9.45. The molecular weight excluding hydrogens is 458 g/mol. The molecular formula is C26H26ClNO4S. The Morgan fingerprint density at radius 3 is 2.88 bits per heavy atom. The van der Waals surface area contributed by atoms with E-state index < -0.39 is 11.9 Å². The highest BCUT2D eigenvalue weighted by molar-refractivity contribution is 7.10. The van der Waals surface area contributed by atoms with Crippen LogP contribution >= 0.6 is 22.9 Å². The van der Waals surface area contributed by atoms with E-state index in [2.05, 4.69) is 11.4 Å². The van der Waals surface area contributed by atoms with Crippen molar-refractivity contribution in [3.8, 4) is 0 Å². The summed E-state index contributed by atoms with van der Waals surface area (Å²) in [6.45, 7) is 2.80. The molecule has 1 saturated heterocycles. The summed E-state index contributed by atoms with van der Waals surface area (Å²) >= 11 is 7.99. The second-order valence-corrected chi connectivity index (χ2v) is 10.2. The molecule has 33 heavy (non-hydrogen) atoms. The molecule has 3 aliphatic rings. The van der Waals surface area contributed by atoms with Crippen molar-refractivity contribution in [2.45, 2.75) is 50.5 Å². The number of rotatable bonds is 5. The zero-order valence-electron chi connectivity index (χ0n) is 18.4. The summed E-state index contributed by atoms with van der Waals surface area (Å²) in [7, 11) is 0. The van der Waals surface area contributed by atoms with Crippen molar-refractivity contribution in [3.63, 3.8) is 0 Å². The summed E-state index contributed by atoms with van der Waals surface area (Å²) < 4.78 is 11.3. The van der Waals surface area contributed by atoms with Gasteiger partial charge in [-0.2, -0.15) is 0 Å². The summed E-state index contributed by atoms with van der Waals surface area (Å²) in [5, 5.41) is 6.00. The highest BCUT2D eigenvalue weighted by atomic mass is 35.5. The monoisotopic (exact) mass is 483 g/mol. The molecule has 0 radical (unpaired) electrons. The van der Waals surface area contributed by atoms with Crippen molar-refractivity contribution in [1.29, 1.82) is 0 Å². The van der Waals surface area contributed by atoms with E-state index >= 15 is 0 Å². The number of halogens is 1. The lowest BCUT2D eigenvalue weighted by Gasteiger charge is -2.36. The number of ether oxygens (including phenoxy) is 2. The lowest BCUT2D eigenvalue weighted by atomic mass is 9.72. The number of esters is 1. The minimum atomic E-state index is -0.506. The lowest BCUT2D eigenvalue weighted by molar-refractivity contribution is -0.142. The van der Waals surface area contributed by atoms with Crippen molar-refractivity contribution >= 4 is 34.7 Å². The summed E-state index contributed by atoms with van der Waals surface area (Å²) in [6.07, 6.45) is 2.96. The maximum Gasteiger partial charge on any atom is 0.336 e. The van der Waals surface area contributed by atoms with E-state index in [1.807, 2.05) is 36.6 Å². The highest BCUT2D eigenvalue weighted by Crippen LogP contribution is 2.46. The highest BCUT2D eigenvalue weighted by Gasteiger charge is 2.41. The molecule has 1 fully saturated rings. The van der Waals surface area contributed by atoms with Crippen LogP contribution in [0.2, 0.25) is 5.02 Å². The quantitative estimate of drug-likeness (QED) is 0.570. The fraction of sp³-hybridized carbons (Fsp3) is 0.385. The van der Waals surface area contributed by atoms with Crippen LogP contribution in [0.15, 0.2) is 64.3 Å². The number of dihydropyridines is 1. The van der Waals surface area contributed by atoms with Crippen molar-refractivity contribution in [3.05, 3.63) is 79.8 Å². The van der Waals surface area contributed by atoms with Gasteiger partial charge in [-0.25, -0.2) is 4.79 Å². The van der Waals surface area contributed by atoms with Crippen LogP contribution in [-0.2, 0) is 19.1 Å². The fourth-order valence-electron chi connectivity index (χ4n) is 5.08. The summed E-state index contributed by atoms with van der Waals surface area (Å²) in [4.78, 5) is 28.1. The molecule has 172 valence electrons. The van der Waals surface area contributed by atoms with Gasteiger partial charge in [0.2, 0.25) is 0 Å². The Morgan fingerprint density at radius 2 is 2.15 bits per heavy atom. The van der Waals surface area contributed by atoms with E-state index in [-0.39, 0.29) is 24.4 Å². The number of Topliss-reactive ketones (excluding diaryl/α,β-unsaturated/α-hetero) is 1. The molecule has 0 saturated carbocycles. The number of allylic oxidation sites excluding steroid dienone is 3. The average Bonchev–Trinajstić information content (AvgIpc) is 3.50. The van der Waals surface area contributed by atoms with Gasteiger partial charge in [-0.15, -0.1) is 11.3 Å². The van der Waals surface area contributed by atoms with Gasteiger partial charge in [0.1, 0.15) is 6.61 Å². The number of hydrogen-bond donors (Lipinski definition) is 1. The van der Waals surface area contributed by atoms with Gasteiger partial charge >= 0.3 is 5.97 Å². The van der Waals surface area contributed by atoms with E-state index in [0.29, 0.717) is 29.2 Å². The molecule has 7 heteroatoms. The molecule has 5 nitrogen and oxygen atoms in total. The van der Waals surface area contributed by atoms with Gasteiger partial charge in [-0.05, 0) is 55.3 Å². The van der Waals surface area contributed by atoms with Gasteiger partial charge in [0.15, 0.2) is 5.78 Å². The topological polar surface area (TPSA) is 64.6 Å². The number of ketones is 1. The molecule has 0 amide bonds. The van der Waals surface area contributed by atoms with Crippen molar-refractivity contribution < 1.29 is 19.1 Å². The average molecular weight is 484 g/mol. The van der Waals surface area contributed by atoms with E-state index in [1.165, 1.54) is 4.88 Å². The van der Waals surface area contributed by atoms with Crippen LogP contribution in [0.25, 0.3) is 0 Å². The molecule has 3 heterocycles. The number of carbonyl (C=O) groups excluding carboxylic acids is 2. The molecule has 1 aromatic carbocycles. The first-order chi connectivity index (χ1) is 16.0. The van der Waals surface area contributed by atoms with Crippen LogP contribution in [0.1, 0.15) is 54.9 Å². The van der Waals surface area contributed by atoms with E-state index in [4.69, 9.17) is 21.1 Å². The molecule has 1 N–H and O–H groups in total. The first-order valence-electron chi connectivity index (χ1n) is 11.3. The molecule has 5 rings (SSSR count). The van der Waals surface area contributed by atoms with Crippen LogP contribution in [0.4, 0.5) is 0 Å². The fourth-order valence-corrected chi connectivity index (χ4v) is 6.11. The Labute approximate surface area is 202 Å². The first-order valence-corrected chi connectivity index (χ1v) is 12.6. The Bertz CT molecular complexity index is 1130. The normalized spacial score (nSPS) is 25.2. The predicted octanol–water partition coefficient (Wildman–Crippen LogP) is 5.49. The Balaban J connectivity index is 1.50. The zero-order chi connectivity index (χ0) is 22.9. The Hall–Kier alpha value is -2.41. The van der Waals surface area contributed by atoms with Gasteiger partial charge in [-0.1, -0.05) is 29.8 Å². The second-order valence-electron chi connectivity index (χ2n) is 8.82. The third-order valence-electron chi connectivity index (χ3n) is 6.60. The molecule has 3 atom stereocenters. The third-order valence-corrected chi connectivity index (χ3v) is 7.87. The standard InChI is InChI=1S/C26H26ClNO4S/c1-15-23(26(30)32-14-19-7-3-9-31-19)24(16-5-2-6-18(27)11-16)25-20(28-15)12-17(13-21(25)29)22-8-4-10-33-22/h2,4-6,8,10-11,17,19,24,28H,3,7,9,12-14H2,1H3/t17-,19+,24-/m1/s1. The van der Waals surface area contributed by atoms with Crippen LogP contribution in [-0.4, -0.2) is 31.1 Å². The van der Waals surface area contributed by atoms with Crippen LogP contribution in [0.5, 0.6) is 0 Å².